The van der Waals surface area contributed by atoms with Crippen LogP contribution in [-0.4, -0.2) is 32.5 Å². The van der Waals surface area contributed by atoms with Gasteiger partial charge in [-0.05, 0) is 50.2 Å². The Balaban J connectivity index is 2.03. The first kappa shape index (κ1) is 18.2. The number of anilines is 1. The largest absolute Gasteiger partial charge is 0.450 e. The molecule has 0 aliphatic carbocycles. The first-order valence-corrected chi connectivity index (χ1v) is 9.76. The van der Waals surface area contributed by atoms with E-state index in [1.54, 1.807) is 12.1 Å². The third-order valence-electron chi connectivity index (χ3n) is 3.07. The fourth-order valence-electron chi connectivity index (χ4n) is 1.97. The summed E-state index contributed by atoms with van der Waals surface area (Å²) in [4.78, 5) is 25.7. The molecule has 2 rings (SSSR count). The number of benzene rings is 1. The number of thiophene rings is 1. The maximum Gasteiger partial charge on any atom is 0.349 e. The van der Waals surface area contributed by atoms with Crippen molar-refractivity contribution in [2.24, 2.45) is 0 Å². The van der Waals surface area contributed by atoms with Crippen molar-refractivity contribution < 1.29 is 22.7 Å². The predicted molar refractivity (Wildman–Crippen MR) is 93.2 cm³/mol. The Morgan fingerprint density at radius 3 is 2.25 bits per heavy atom. The maximum atomic E-state index is 12.3. The van der Waals surface area contributed by atoms with Crippen molar-refractivity contribution in [2.45, 2.75) is 20.0 Å². The number of esters is 1. The monoisotopic (exact) mass is 367 g/mol. The highest BCUT2D eigenvalue weighted by Crippen LogP contribution is 2.18. The van der Waals surface area contributed by atoms with Gasteiger partial charge in [0.05, 0.1) is 6.26 Å². The summed E-state index contributed by atoms with van der Waals surface area (Å²) in [6.45, 7) is 3.38. The van der Waals surface area contributed by atoms with Gasteiger partial charge in [-0.2, -0.15) is 0 Å². The van der Waals surface area contributed by atoms with E-state index in [0.717, 1.165) is 11.1 Å². The van der Waals surface area contributed by atoms with Crippen LogP contribution in [0.5, 0.6) is 0 Å². The molecule has 0 saturated carbocycles. The number of carbonyl (C=O) groups excluding carboxylic acids is 2. The Labute approximate surface area is 144 Å². The molecule has 1 heterocycles. The zero-order chi connectivity index (χ0) is 17.9. The summed E-state index contributed by atoms with van der Waals surface area (Å²) in [5, 5.41) is 0. The number of sulfonamides is 1. The molecule has 128 valence electrons. The van der Waals surface area contributed by atoms with Crippen LogP contribution < -0.4 is 4.72 Å². The number of Topliss-reactive ketones (excluding diaryl/α,β-unsaturated/α-hetero) is 1. The molecule has 0 bridgehead atoms. The van der Waals surface area contributed by atoms with Crippen LogP contribution in [0.4, 0.5) is 5.69 Å². The number of ketones is 1. The second-order valence-corrected chi connectivity index (χ2v) is 8.31. The molecule has 0 amide bonds. The summed E-state index contributed by atoms with van der Waals surface area (Å²) < 4.78 is 29.8. The van der Waals surface area contributed by atoms with Crippen molar-refractivity contribution in [3.63, 3.8) is 0 Å². The van der Waals surface area contributed by atoms with Gasteiger partial charge in [-0.25, -0.2) is 13.2 Å². The number of rotatable bonds is 6. The van der Waals surface area contributed by atoms with Crippen LogP contribution in [0.1, 0.15) is 31.8 Å². The summed E-state index contributed by atoms with van der Waals surface area (Å²) in [7, 11) is -3.37. The van der Waals surface area contributed by atoms with Crippen molar-refractivity contribution in [3.8, 4) is 0 Å². The van der Waals surface area contributed by atoms with E-state index in [1.807, 2.05) is 6.92 Å². The van der Waals surface area contributed by atoms with Crippen molar-refractivity contribution in [1.82, 2.24) is 0 Å². The summed E-state index contributed by atoms with van der Waals surface area (Å²) in [5.41, 5.74) is 0.685. The second-order valence-electron chi connectivity index (χ2n) is 5.27. The lowest BCUT2D eigenvalue weighted by molar-refractivity contribution is 0.0323. The molecule has 2 aromatic rings. The number of ether oxygens (including phenoxy) is 1. The van der Waals surface area contributed by atoms with Gasteiger partial charge in [0.2, 0.25) is 15.8 Å². The van der Waals surface area contributed by atoms with Gasteiger partial charge in [0.15, 0.2) is 6.10 Å². The van der Waals surface area contributed by atoms with Crippen LogP contribution in [0.2, 0.25) is 0 Å². The Kier molecular flexibility index (Phi) is 5.40. The molecule has 24 heavy (non-hydrogen) atoms. The second kappa shape index (κ2) is 7.14. The zero-order valence-corrected chi connectivity index (χ0v) is 15.0. The third-order valence-corrected chi connectivity index (χ3v) is 4.65. The third kappa shape index (κ3) is 4.90. The highest BCUT2D eigenvalue weighted by molar-refractivity contribution is 7.92. The van der Waals surface area contributed by atoms with Crippen molar-refractivity contribution in [2.75, 3.05) is 11.0 Å². The smallest absolute Gasteiger partial charge is 0.349 e. The minimum absolute atomic E-state index is 0.330. The predicted octanol–water partition coefficient (Wildman–Crippen LogP) is 2.86. The molecular formula is C16H17NO5S2. The van der Waals surface area contributed by atoms with E-state index < -0.39 is 22.1 Å². The Morgan fingerprint density at radius 1 is 1.12 bits per heavy atom. The Bertz CT molecular complexity index is 853. The van der Waals surface area contributed by atoms with Crippen molar-refractivity contribution in [1.29, 1.82) is 0 Å². The first-order chi connectivity index (χ1) is 11.2. The molecule has 1 aromatic carbocycles. The van der Waals surface area contributed by atoms with Gasteiger partial charge >= 0.3 is 5.97 Å². The van der Waals surface area contributed by atoms with E-state index in [-0.39, 0.29) is 5.78 Å². The minimum atomic E-state index is -3.37. The summed E-state index contributed by atoms with van der Waals surface area (Å²) in [6.07, 6.45) is 0.105. The van der Waals surface area contributed by atoms with E-state index in [2.05, 4.69) is 4.72 Å². The van der Waals surface area contributed by atoms with Gasteiger partial charge in [-0.15, -0.1) is 11.3 Å². The molecule has 0 fully saturated rings. The van der Waals surface area contributed by atoms with Crippen LogP contribution in [0, 0.1) is 6.92 Å². The molecule has 0 aliphatic rings. The number of aryl methyl sites for hydroxylation is 1. The maximum absolute atomic E-state index is 12.3. The average Bonchev–Trinajstić information content (AvgIpc) is 2.92. The SMILES string of the molecule is Cc1ccc(C(=O)OC(C)C(=O)c2ccc(NS(C)(=O)=O)cc2)s1. The van der Waals surface area contributed by atoms with Gasteiger partial charge < -0.3 is 4.74 Å². The van der Waals surface area contributed by atoms with Crippen LogP contribution in [0.15, 0.2) is 36.4 Å². The number of hydrogen-bond donors (Lipinski definition) is 1. The summed E-state index contributed by atoms with van der Waals surface area (Å²) in [6, 6.07) is 9.38. The fourth-order valence-corrected chi connectivity index (χ4v) is 3.28. The van der Waals surface area contributed by atoms with Gasteiger partial charge in [0, 0.05) is 16.1 Å². The molecular weight excluding hydrogens is 350 g/mol. The molecule has 6 nitrogen and oxygen atoms in total. The molecule has 1 aromatic heterocycles. The molecule has 0 aliphatic heterocycles. The number of nitrogens with one attached hydrogen (secondary N) is 1. The highest BCUT2D eigenvalue weighted by Gasteiger charge is 2.21. The molecule has 0 radical (unpaired) electrons. The first-order valence-electron chi connectivity index (χ1n) is 7.05. The van der Waals surface area contributed by atoms with Crippen LogP contribution >= 0.6 is 11.3 Å². The zero-order valence-electron chi connectivity index (χ0n) is 13.4. The average molecular weight is 367 g/mol. The van der Waals surface area contributed by atoms with E-state index in [1.165, 1.54) is 42.5 Å². The summed E-state index contributed by atoms with van der Waals surface area (Å²) >= 11 is 1.30. The Morgan fingerprint density at radius 2 is 1.75 bits per heavy atom. The topological polar surface area (TPSA) is 89.5 Å². The number of carbonyl (C=O) groups is 2. The molecule has 1 atom stereocenters. The fraction of sp³-hybridized carbons (Fsp3) is 0.250. The lowest BCUT2D eigenvalue weighted by Crippen LogP contribution is -2.24. The van der Waals surface area contributed by atoms with Gasteiger partial charge in [-0.3, -0.25) is 9.52 Å². The van der Waals surface area contributed by atoms with Crippen molar-refractivity contribution >= 4 is 38.8 Å². The Hall–Kier alpha value is -2.19. The van der Waals surface area contributed by atoms with Gasteiger partial charge in [0.1, 0.15) is 4.88 Å². The van der Waals surface area contributed by atoms with Crippen LogP contribution in [-0.2, 0) is 14.8 Å². The van der Waals surface area contributed by atoms with E-state index in [0.29, 0.717) is 16.1 Å². The standard InChI is InChI=1S/C16H17NO5S2/c1-10-4-9-14(23-10)16(19)22-11(2)15(18)12-5-7-13(8-6-12)17-24(3,20)21/h4-9,11,17H,1-3H3. The molecule has 1 N–H and O–H groups in total. The van der Waals surface area contributed by atoms with E-state index >= 15 is 0 Å². The molecule has 0 saturated heterocycles. The normalized spacial score (nSPS) is 12.5. The lowest BCUT2D eigenvalue weighted by Gasteiger charge is -2.12. The quantitative estimate of drug-likeness (QED) is 0.626. The highest BCUT2D eigenvalue weighted by atomic mass is 32.2. The lowest BCUT2D eigenvalue weighted by atomic mass is 10.1. The van der Waals surface area contributed by atoms with Crippen molar-refractivity contribution in [3.05, 3.63) is 51.7 Å². The van der Waals surface area contributed by atoms with E-state index in [9.17, 15) is 18.0 Å². The van der Waals surface area contributed by atoms with Crippen LogP contribution in [0.3, 0.4) is 0 Å². The van der Waals surface area contributed by atoms with Gasteiger partial charge in [-0.1, -0.05) is 0 Å². The minimum Gasteiger partial charge on any atom is -0.450 e. The number of hydrogen-bond acceptors (Lipinski definition) is 6. The van der Waals surface area contributed by atoms with Crippen LogP contribution in [0.25, 0.3) is 0 Å². The van der Waals surface area contributed by atoms with Gasteiger partial charge in [0.25, 0.3) is 0 Å². The van der Waals surface area contributed by atoms with E-state index in [4.69, 9.17) is 4.74 Å². The summed E-state index contributed by atoms with van der Waals surface area (Å²) in [5.74, 6) is -0.896. The molecule has 1 unspecified atom stereocenters. The molecule has 8 heteroatoms. The molecule has 0 spiro atoms.